The quantitative estimate of drug-likeness (QED) is 0.774. The van der Waals surface area contributed by atoms with E-state index in [9.17, 15) is 9.59 Å². The number of halogens is 1. The average molecular weight is 271 g/mol. The van der Waals surface area contributed by atoms with E-state index in [2.05, 4.69) is 15.7 Å². The zero-order chi connectivity index (χ0) is 13.3. The van der Waals surface area contributed by atoms with Gasteiger partial charge in [-0.15, -0.1) is 0 Å². The molecule has 0 bridgehead atoms. The van der Waals surface area contributed by atoms with Crippen LogP contribution in [0.2, 0.25) is 5.15 Å². The molecule has 1 aliphatic heterocycles. The molecule has 98 valence electrons. The first kappa shape index (κ1) is 13.0. The number of aromatic nitrogens is 2. The Kier molecular flexibility index (Phi) is 3.68. The van der Waals surface area contributed by atoms with Crippen LogP contribution in [-0.4, -0.2) is 27.6 Å². The van der Waals surface area contributed by atoms with E-state index in [1.54, 1.807) is 11.7 Å². The first-order valence-electron chi connectivity index (χ1n) is 5.74. The number of hydrogen-bond acceptors (Lipinski definition) is 4. The van der Waals surface area contributed by atoms with E-state index in [4.69, 9.17) is 11.6 Å². The summed E-state index contributed by atoms with van der Waals surface area (Å²) in [5, 5.41) is 10.2. The van der Waals surface area contributed by atoms with Gasteiger partial charge in [0, 0.05) is 25.6 Å². The lowest BCUT2D eigenvalue weighted by Gasteiger charge is -2.21. The van der Waals surface area contributed by atoms with Crippen molar-refractivity contribution in [2.45, 2.75) is 32.4 Å². The minimum atomic E-state index is -0.349. The van der Waals surface area contributed by atoms with Gasteiger partial charge in [-0.25, -0.2) is 0 Å². The highest BCUT2D eigenvalue weighted by Gasteiger charge is 2.26. The van der Waals surface area contributed by atoms with E-state index in [1.165, 1.54) is 0 Å². The van der Waals surface area contributed by atoms with Gasteiger partial charge in [-0.2, -0.15) is 5.10 Å². The summed E-state index contributed by atoms with van der Waals surface area (Å²) in [5.74, 6) is -0.488. The van der Waals surface area contributed by atoms with Crippen molar-refractivity contribution in [1.29, 1.82) is 0 Å². The van der Waals surface area contributed by atoms with Crippen LogP contribution in [0, 0.1) is 6.92 Å². The predicted molar refractivity (Wildman–Crippen MR) is 66.0 cm³/mol. The second-order valence-electron chi connectivity index (χ2n) is 4.36. The van der Waals surface area contributed by atoms with Crippen LogP contribution in [0.5, 0.6) is 0 Å². The Bertz CT molecular complexity index is 497. The summed E-state index contributed by atoms with van der Waals surface area (Å²) < 4.78 is 1.60. The van der Waals surface area contributed by atoms with Gasteiger partial charge in [-0.1, -0.05) is 11.6 Å². The molecular weight excluding hydrogens is 256 g/mol. The summed E-state index contributed by atoms with van der Waals surface area (Å²) in [6, 6.07) is -0.349. The van der Waals surface area contributed by atoms with Crippen LogP contribution in [-0.2, 0) is 23.2 Å². The average Bonchev–Trinajstić information content (AvgIpc) is 2.53. The van der Waals surface area contributed by atoms with Crippen molar-refractivity contribution >= 4 is 23.4 Å². The normalized spacial score (nSPS) is 20.1. The lowest BCUT2D eigenvalue weighted by atomic mass is 10.1. The van der Waals surface area contributed by atoms with E-state index in [0.29, 0.717) is 24.5 Å². The highest BCUT2D eigenvalue weighted by molar-refractivity contribution is 6.30. The Labute approximate surface area is 110 Å². The molecule has 1 unspecified atom stereocenters. The van der Waals surface area contributed by atoms with Crippen molar-refractivity contribution in [1.82, 2.24) is 20.4 Å². The third kappa shape index (κ3) is 2.54. The fraction of sp³-hybridized carbons (Fsp3) is 0.545. The van der Waals surface area contributed by atoms with Crippen LogP contribution >= 0.6 is 11.6 Å². The van der Waals surface area contributed by atoms with Crippen molar-refractivity contribution in [3.63, 3.8) is 0 Å². The van der Waals surface area contributed by atoms with Crippen molar-refractivity contribution in [3.8, 4) is 0 Å². The van der Waals surface area contributed by atoms with Gasteiger partial charge in [0.2, 0.25) is 11.8 Å². The number of nitrogens with one attached hydrogen (secondary N) is 2. The fourth-order valence-corrected chi connectivity index (χ4v) is 2.23. The van der Waals surface area contributed by atoms with Crippen molar-refractivity contribution in [2.75, 3.05) is 0 Å². The molecule has 1 aromatic heterocycles. The molecule has 0 aliphatic carbocycles. The number of aryl methyl sites for hydroxylation is 2. The predicted octanol–water partition coefficient (Wildman–Crippen LogP) is 0.277. The molecule has 7 heteroatoms. The van der Waals surface area contributed by atoms with Crippen LogP contribution in [0.3, 0.4) is 0 Å². The maximum atomic E-state index is 11.6. The standard InChI is InChI=1S/C11H15ClN4O2/c1-6-7(10(12)16(2)15-6)5-13-8-3-4-9(17)14-11(8)18/h8,13H,3-5H2,1-2H3,(H,14,17,18). The molecule has 18 heavy (non-hydrogen) atoms. The van der Waals surface area contributed by atoms with E-state index >= 15 is 0 Å². The van der Waals surface area contributed by atoms with E-state index < -0.39 is 0 Å². The highest BCUT2D eigenvalue weighted by Crippen LogP contribution is 2.18. The Balaban J connectivity index is 1.99. The number of nitrogens with zero attached hydrogens (tertiary/aromatic N) is 2. The van der Waals surface area contributed by atoms with Gasteiger partial charge in [0.25, 0.3) is 0 Å². The van der Waals surface area contributed by atoms with Crippen molar-refractivity contribution < 1.29 is 9.59 Å². The van der Waals surface area contributed by atoms with Crippen molar-refractivity contribution in [2.24, 2.45) is 7.05 Å². The molecule has 1 fully saturated rings. The number of piperidine rings is 1. The highest BCUT2D eigenvalue weighted by atomic mass is 35.5. The van der Waals surface area contributed by atoms with E-state index in [-0.39, 0.29) is 17.9 Å². The summed E-state index contributed by atoms with van der Waals surface area (Å²) in [6.07, 6.45) is 0.880. The van der Waals surface area contributed by atoms with Gasteiger partial charge >= 0.3 is 0 Å². The number of rotatable bonds is 3. The van der Waals surface area contributed by atoms with Gasteiger partial charge in [0.15, 0.2) is 0 Å². The Morgan fingerprint density at radius 2 is 2.28 bits per heavy atom. The number of amides is 2. The smallest absolute Gasteiger partial charge is 0.243 e. The van der Waals surface area contributed by atoms with Gasteiger partial charge in [0.05, 0.1) is 11.7 Å². The molecule has 0 aromatic carbocycles. The molecule has 0 spiro atoms. The topological polar surface area (TPSA) is 76.0 Å². The molecule has 0 saturated carbocycles. The molecule has 6 nitrogen and oxygen atoms in total. The summed E-state index contributed by atoms with van der Waals surface area (Å²) in [6.45, 7) is 2.33. The maximum Gasteiger partial charge on any atom is 0.243 e. The number of carbonyl (C=O) groups is 2. The first-order chi connectivity index (χ1) is 8.49. The second-order valence-corrected chi connectivity index (χ2v) is 4.72. The monoisotopic (exact) mass is 270 g/mol. The van der Waals surface area contributed by atoms with Crippen LogP contribution in [0.1, 0.15) is 24.1 Å². The summed E-state index contributed by atoms with van der Waals surface area (Å²) >= 11 is 6.10. The van der Waals surface area contributed by atoms with E-state index in [1.807, 2.05) is 6.92 Å². The SMILES string of the molecule is Cc1nn(C)c(Cl)c1CNC1CCC(=O)NC1=O. The van der Waals surface area contributed by atoms with Crippen LogP contribution < -0.4 is 10.6 Å². The molecule has 2 amide bonds. The van der Waals surface area contributed by atoms with Crippen LogP contribution in [0.4, 0.5) is 0 Å². The lowest BCUT2D eigenvalue weighted by Crippen LogP contribution is -2.50. The Morgan fingerprint density at radius 1 is 1.56 bits per heavy atom. The second kappa shape index (κ2) is 5.07. The van der Waals surface area contributed by atoms with Gasteiger partial charge in [0.1, 0.15) is 5.15 Å². The number of hydrogen-bond donors (Lipinski definition) is 2. The fourth-order valence-electron chi connectivity index (χ4n) is 1.99. The first-order valence-corrected chi connectivity index (χ1v) is 6.12. The van der Waals surface area contributed by atoms with Gasteiger partial charge in [-0.3, -0.25) is 19.6 Å². The summed E-state index contributed by atoms with van der Waals surface area (Å²) in [7, 11) is 1.77. The van der Waals surface area contributed by atoms with E-state index in [0.717, 1.165) is 11.3 Å². The Hall–Kier alpha value is -1.40. The number of carbonyl (C=O) groups excluding carboxylic acids is 2. The third-order valence-corrected chi connectivity index (χ3v) is 3.51. The maximum absolute atomic E-state index is 11.6. The van der Waals surface area contributed by atoms with Crippen LogP contribution in [0.25, 0.3) is 0 Å². The molecule has 2 N–H and O–H groups in total. The van der Waals surface area contributed by atoms with Crippen LogP contribution in [0.15, 0.2) is 0 Å². The third-order valence-electron chi connectivity index (χ3n) is 3.03. The Morgan fingerprint density at radius 3 is 2.83 bits per heavy atom. The molecule has 2 heterocycles. The minimum absolute atomic E-state index is 0.214. The zero-order valence-corrected chi connectivity index (χ0v) is 11.0. The molecule has 0 radical (unpaired) electrons. The summed E-state index contributed by atoms with van der Waals surface area (Å²) in [4.78, 5) is 22.6. The molecule has 1 atom stereocenters. The van der Waals surface area contributed by atoms with Crippen molar-refractivity contribution in [3.05, 3.63) is 16.4 Å². The molecule has 2 rings (SSSR count). The molecule has 1 aromatic rings. The lowest BCUT2D eigenvalue weighted by molar-refractivity contribution is -0.134. The number of imide groups is 1. The summed E-state index contributed by atoms with van der Waals surface area (Å²) in [5.41, 5.74) is 1.71. The zero-order valence-electron chi connectivity index (χ0n) is 10.3. The molecular formula is C11H15ClN4O2. The van der Waals surface area contributed by atoms with Gasteiger partial charge in [-0.05, 0) is 13.3 Å². The molecule has 1 saturated heterocycles. The largest absolute Gasteiger partial charge is 0.302 e. The minimum Gasteiger partial charge on any atom is -0.302 e. The van der Waals surface area contributed by atoms with Gasteiger partial charge < -0.3 is 5.32 Å². The molecule has 1 aliphatic rings.